The third-order valence-corrected chi connectivity index (χ3v) is 7.68. The average Bonchev–Trinajstić information content (AvgIpc) is 3.20. The van der Waals surface area contributed by atoms with E-state index in [-0.39, 0.29) is 36.6 Å². The fourth-order valence-corrected chi connectivity index (χ4v) is 5.24. The Labute approximate surface area is 244 Å². The van der Waals surface area contributed by atoms with Crippen molar-refractivity contribution in [1.82, 2.24) is 20.9 Å². The molecule has 2 atom stereocenters. The predicted molar refractivity (Wildman–Crippen MR) is 157 cm³/mol. The van der Waals surface area contributed by atoms with E-state index in [1.807, 2.05) is 0 Å². The van der Waals surface area contributed by atoms with Crippen LogP contribution in [0, 0.1) is 0 Å². The van der Waals surface area contributed by atoms with Gasteiger partial charge in [-0.05, 0) is 12.8 Å². The first kappa shape index (κ1) is 36.1. The third-order valence-electron chi connectivity index (χ3n) is 6.44. The molecule has 11 nitrogen and oxygen atoms in total. The van der Waals surface area contributed by atoms with Gasteiger partial charge in [-0.2, -0.15) is 0 Å². The highest BCUT2D eigenvalue weighted by atomic mass is 32.2. The molecule has 1 fully saturated rings. The number of thioether (sulfide) groups is 1. The van der Waals surface area contributed by atoms with Crippen LogP contribution in [0.1, 0.15) is 84.5 Å². The van der Waals surface area contributed by atoms with E-state index < -0.39 is 11.5 Å². The Hall–Kier alpha value is -1.89. The first-order valence-corrected chi connectivity index (χ1v) is 16.0. The maximum Gasteiger partial charge on any atom is 0.237 e. The zero-order valence-electron chi connectivity index (χ0n) is 24.5. The summed E-state index contributed by atoms with van der Waals surface area (Å²) in [6.07, 6.45) is 7.77. The van der Waals surface area contributed by atoms with E-state index >= 15 is 0 Å². The molecule has 40 heavy (non-hydrogen) atoms. The SMILES string of the molecule is CCCCCCNC(=O)CCSC1CC(O)N(CCC(=O)NCCOCCOCCC(=O)NCCCCC)C1=O. The van der Waals surface area contributed by atoms with Crippen molar-refractivity contribution in [3.63, 3.8) is 0 Å². The van der Waals surface area contributed by atoms with Crippen molar-refractivity contribution in [2.45, 2.75) is 96.0 Å². The van der Waals surface area contributed by atoms with Gasteiger partial charge in [-0.1, -0.05) is 46.0 Å². The number of amides is 4. The highest BCUT2D eigenvalue weighted by Crippen LogP contribution is 2.28. The van der Waals surface area contributed by atoms with E-state index in [4.69, 9.17) is 9.47 Å². The summed E-state index contributed by atoms with van der Waals surface area (Å²) < 4.78 is 10.8. The number of carbonyl (C=O) groups is 4. The van der Waals surface area contributed by atoms with Gasteiger partial charge in [0.25, 0.3) is 0 Å². The van der Waals surface area contributed by atoms with Gasteiger partial charge in [0.1, 0.15) is 6.23 Å². The van der Waals surface area contributed by atoms with Crippen molar-refractivity contribution in [1.29, 1.82) is 0 Å². The van der Waals surface area contributed by atoms with Gasteiger partial charge in [-0.15, -0.1) is 11.8 Å². The largest absolute Gasteiger partial charge is 0.379 e. The number of hydrogen-bond donors (Lipinski definition) is 4. The van der Waals surface area contributed by atoms with Crippen LogP contribution in [0.15, 0.2) is 0 Å². The quantitative estimate of drug-likeness (QED) is 0.118. The van der Waals surface area contributed by atoms with Gasteiger partial charge >= 0.3 is 0 Å². The molecule has 0 aliphatic carbocycles. The van der Waals surface area contributed by atoms with Gasteiger partial charge in [0, 0.05) is 57.6 Å². The summed E-state index contributed by atoms with van der Waals surface area (Å²) in [5, 5.41) is 18.4. The number of nitrogens with zero attached hydrogens (tertiary/aromatic N) is 1. The van der Waals surface area contributed by atoms with Crippen LogP contribution in [0.4, 0.5) is 0 Å². The minimum absolute atomic E-state index is 0.00926. The number of unbranched alkanes of at least 4 members (excludes halogenated alkanes) is 5. The summed E-state index contributed by atoms with van der Waals surface area (Å²) in [6.45, 7) is 7.52. The Morgan fingerprint density at radius 1 is 0.800 bits per heavy atom. The molecule has 1 aliphatic rings. The minimum Gasteiger partial charge on any atom is -0.379 e. The molecule has 0 bridgehead atoms. The Kier molecular flexibility index (Phi) is 21.5. The molecule has 0 aromatic rings. The fraction of sp³-hybridized carbons (Fsp3) is 0.857. The number of aliphatic hydroxyl groups is 1. The van der Waals surface area contributed by atoms with Crippen molar-refractivity contribution in [3.8, 4) is 0 Å². The molecule has 0 aromatic carbocycles. The standard InChI is InChI=1S/C28H52N4O7S/c1-3-5-7-9-14-30-26(35)12-21-40-23-22-27(36)32(28(23)37)16-10-24(33)31-15-18-39-20-19-38-17-11-25(34)29-13-8-6-4-2/h23,27,36H,3-22H2,1-2H3,(H,29,34)(H,30,35)(H,31,33). The second kappa shape index (κ2) is 23.8. The van der Waals surface area contributed by atoms with Gasteiger partial charge in [0.15, 0.2) is 0 Å². The Balaban J connectivity index is 2.04. The molecule has 0 spiro atoms. The summed E-state index contributed by atoms with van der Waals surface area (Å²) in [7, 11) is 0. The van der Waals surface area contributed by atoms with Gasteiger partial charge < -0.3 is 35.4 Å². The molecule has 0 aromatic heterocycles. The van der Waals surface area contributed by atoms with Crippen LogP contribution in [-0.2, 0) is 28.7 Å². The lowest BCUT2D eigenvalue weighted by Crippen LogP contribution is -2.38. The summed E-state index contributed by atoms with van der Waals surface area (Å²) in [5.41, 5.74) is 0. The fourth-order valence-electron chi connectivity index (χ4n) is 4.06. The first-order chi connectivity index (χ1) is 19.4. The van der Waals surface area contributed by atoms with Gasteiger partial charge in [-0.3, -0.25) is 19.2 Å². The van der Waals surface area contributed by atoms with Gasteiger partial charge in [-0.25, -0.2) is 0 Å². The average molecular weight is 589 g/mol. The molecular weight excluding hydrogens is 536 g/mol. The summed E-state index contributed by atoms with van der Waals surface area (Å²) in [4.78, 5) is 49.7. The molecule has 12 heteroatoms. The Morgan fingerprint density at radius 3 is 2.08 bits per heavy atom. The van der Waals surface area contributed by atoms with Crippen LogP contribution in [0.2, 0.25) is 0 Å². The second-order valence-electron chi connectivity index (χ2n) is 9.90. The molecule has 4 amide bonds. The summed E-state index contributed by atoms with van der Waals surface area (Å²) in [6, 6.07) is 0. The number of carbonyl (C=O) groups excluding carboxylic acids is 4. The van der Waals surface area contributed by atoms with Crippen LogP contribution in [-0.4, -0.2) is 103 Å². The smallest absolute Gasteiger partial charge is 0.237 e. The third kappa shape index (κ3) is 17.7. The van der Waals surface area contributed by atoms with Crippen molar-refractivity contribution in [2.24, 2.45) is 0 Å². The number of likely N-dealkylation sites (tertiary alicyclic amines) is 1. The van der Waals surface area contributed by atoms with Crippen molar-refractivity contribution >= 4 is 35.4 Å². The zero-order chi connectivity index (χ0) is 29.4. The zero-order valence-corrected chi connectivity index (χ0v) is 25.4. The Bertz CT molecular complexity index is 729. The van der Waals surface area contributed by atoms with Crippen molar-refractivity contribution < 1.29 is 33.8 Å². The van der Waals surface area contributed by atoms with E-state index in [0.717, 1.165) is 38.5 Å². The maximum atomic E-state index is 12.7. The molecule has 232 valence electrons. The lowest BCUT2D eigenvalue weighted by Gasteiger charge is -2.20. The number of aliphatic hydroxyl groups excluding tert-OH is 1. The van der Waals surface area contributed by atoms with Crippen LogP contribution in [0.25, 0.3) is 0 Å². The summed E-state index contributed by atoms with van der Waals surface area (Å²) >= 11 is 1.38. The second-order valence-corrected chi connectivity index (χ2v) is 11.2. The highest BCUT2D eigenvalue weighted by molar-refractivity contribution is 8.00. The van der Waals surface area contributed by atoms with Crippen LogP contribution in [0.5, 0.6) is 0 Å². The van der Waals surface area contributed by atoms with E-state index in [1.54, 1.807) is 0 Å². The number of rotatable bonds is 25. The molecule has 0 saturated carbocycles. The van der Waals surface area contributed by atoms with E-state index in [0.29, 0.717) is 71.1 Å². The van der Waals surface area contributed by atoms with Crippen LogP contribution < -0.4 is 16.0 Å². The molecule has 0 radical (unpaired) electrons. The van der Waals surface area contributed by atoms with Crippen molar-refractivity contribution in [2.75, 3.05) is 58.4 Å². The highest BCUT2D eigenvalue weighted by Gasteiger charge is 2.38. The number of hydrogen-bond acceptors (Lipinski definition) is 8. The van der Waals surface area contributed by atoms with E-state index in [9.17, 15) is 24.3 Å². The van der Waals surface area contributed by atoms with Crippen molar-refractivity contribution in [3.05, 3.63) is 0 Å². The number of nitrogens with one attached hydrogen (secondary N) is 3. The molecular formula is C28H52N4O7S. The molecule has 1 rings (SSSR count). The molecule has 4 N–H and O–H groups in total. The number of ether oxygens (including phenoxy) is 2. The van der Waals surface area contributed by atoms with Crippen LogP contribution in [0.3, 0.4) is 0 Å². The molecule has 1 aliphatic heterocycles. The molecule has 2 unspecified atom stereocenters. The van der Waals surface area contributed by atoms with E-state index in [1.165, 1.54) is 23.1 Å². The predicted octanol–water partition coefficient (Wildman–Crippen LogP) is 1.96. The minimum atomic E-state index is -0.916. The molecule has 1 saturated heterocycles. The lowest BCUT2D eigenvalue weighted by molar-refractivity contribution is -0.134. The van der Waals surface area contributed by atoms with E-state index in [2.05, 4.69) is 29.8 Å². The normalized spacial score (nSPS) is 16.8. The first-order valence-electron chi connectivity index (χ1n) is 14.9. The lowest BCUT2D eigenvalue weighted by atomic mass is 10.2. The maximum absolute atomic E-state index is 12.7. The summed E-state index contributed by atoms with van der Waals surface area (Å²) in [5.74, 6) is 0.0687. The molecule has 1 heterocycles. The Morgan fingerprint density at radius 2 is 1.38 bits per heavy atom. The monoisotopic (exact) mass is 588 g/mol. The topological polar surface area (TPSA) is 146 Å². The van der Waals surface area contributed by atoms with Gasteiger partial charge in [0.2, 0.25) is 23.6 Å². The van der Waals surface area contributed by atoms with Gasteiger partial charge in [0.05, 0.1) is 31.7 Å². The van der Waals surface area contributed by atoms with Crippen LogP contribution >= 0.6 is 11.8 Å².